The Bertz CT molecular complexity index is 1240. The lowest BCUT2D eigenvalue weighted by Gasteiger charge is -2.24. The van der Waals surface area contributed by atoms with Gasteiger partial charge in [-0.25, -0.2) is 13.8 Å². The molecular weight excluding hydrogens is 469 g/mol. The van der Waals surface area contributed by atoms with E-state index >= 15 is 0 Å². The van der Waals surface area contributed by atoms with E-state index in [9.17, 15) is 13.2 Å². The summed E-state index contributed by atoms with van der Waals surface area (Å²) < 4.78 is 27.7. The molecule has 3 rings (SSSR count). The fourth-order valence-corrected chi connectivity index (χ4v) is 4.53. The number of sulfonamides is 1. The Morgan fingerprint density at radius 3 is 2.12 bits per heavy atom. The average Bonchev–Trinajstić information content (AvgIpc) is 2.75. The van der Waals surface area contributed by atoms with Gasteiger partial charge in [0, 0.05) is 0 Å². The Morgan fingerprint density at radius 1 is 0.938 bits per heavy atom. The molecule has 6 nitrogen and oxygen atoms in total. The first-order chi connectivity index (χ1) is 15.2. The van der Waals surface area contributed by atoms with Crippen molar-refractivity contribution in [1.82, 2.24) is 5.43 Å². The van der Waals surface area contributed by atoms with Gasteiger partial charge >= 0.3 is 0 Å². The van der Waals surface area contributed by atoms with Crippen LogP contribution in [0.15, 0.2) is 76.7 Å². The summed E-state index contributed by atoms with van der Waals surface area (Å²) in [7, 11) is -3.98. The van der Waals surface area contributed by atoms with Crippen LogP contribution in [-0.4, -0.2) is 27.1 Å². The molecule has 0 radical (unpaired) electrons. The maximum atomic E-state index is 13.3. The van der Waals surface area contributed by atoms with E-state index in [1.165, 1.54) is 18.3 Å². The van der Waals surface area contributed by atoms with Crippen LogP contribution in [0.5, 0.6) is 0 Å². The standard InChI is InChI=1S/C23H21Cl2N3O3S/c1-16-3-8-19(9-4-16)28(32(30,31)20-10-5-17(2)6-11-20)15-23(29)27-26-14-18-7-12-21(24)22(25)13-18/h3-14H,15H2,1-2H3,(H,27,29)/b26-14-. The Hall–Kier alpha value is -2.87. The highest BCUT2D eigenvalue weighted by Gasteiger charge is 2.27. The van der Waals surface area contributed by atoms with E-state index in [0.717, 1.165) is 15.4 Å². The van der Waals surface area contributed by atoms with E-state index in [2.05, 4.69) is 10.5 Å². The second-order valence-corrected chi connectivity index (χ2v) is 9.80. The van der Waals surface area contributed by atoms with E-state index in [0.29, 0.717) is 21.3 Å². The van der Waals surface area contributed by atoms with Gasteiger partial charge in [-0.2, -0.15) is 5.10 Å². The Labute approximate surface area is 197 Å². The first kappa shape index (κ1) is 23.8. The van der Waals surface area contributed by atoms with E-state index in [1.54, 1.807) is 54.6 Å². The van der Waals surface area contributed by atoms with Crippen LogP contribution in [0, 0.1) is 13.8 Å². The summed E-state index contributed by atoms with van der Waals surface area (Å²) in [5, 5.41) is 4.66. The molecule has 166 valence electrons. The number of amides is 1. The highest BCUT2D eigenvalue weighted by molar-refractivity contribution is 7.92. The summed E-state index contributed by atoms with van der Waals surface area (Å²) in [6, 6.07) is 18.2. The molecule has 0 heterocycles. The van der Waals surface area contributed by atoms with Gasteiger partial charge in [-0.1, -0.05) is 64.7 Å². The molecule has 0 spiro atoms. The number of hydrogen-bond acceptors (Lipinski definition) is 4. The van der Waals surface area contributed by atoms with E-state index in [4.69, 9.17) is 23.2 Å². The minimum Gasteiger partial charge on any atom is -0.271 e. The number of benzene rings is 3. The van der Waals surface area contributed by atoms with E-state index in [1.807, 2.05) is 13.8 Å². The van der Waals surface area contributed by atoms with Gasteiger partial charge in [0.2, 0.25) is 0 Å². The van der Waals surface area contributed by atoms with Crippen LogP contribution >= 0.6 is 23.2 Å². The lowest BCUT2D eigenvalue weighted by Crippen LogP contribution is -2.39. The summed E-state index contributed by atoms with van der Waals surface area (Å²) in [6.07, 6.45) is 1.39. The largest absolute Gasteiger partial charge is 0.271 e. The third-order valence-electron chi connectivity index (χ3n) is 4.56. The SMILES string of the molecule is Cc1ccc(N(CC(=O)N/N=C\c2ccc(Cl)c(Cl)c2)S(=O)(=O)c2ccc(C)cc2)cc1. The van der Waals surface area contributed by atoms with Crippen LogP contribution in [0.3, 0.4) is 0 Å². The molecule has 0 atom stereocenters. The van der Waals surface area contributed by atoms with Gasteiger partial charge in [0.05, 0.1) is 26.8 Å². The highest BCUT2D eigenvalue weighted by Crippen LogP contribution is 2.24. The number of carbonyl (C=O) groups excluding carboxylic acids is 1. The summed E-state index contributed by atoms with van der Waals surface area (Å²) in [4.78, 5) is 12.7. The molecule has 9 heteroatoms. The zero-order chi connectivity index (χ0) is 23.3. The molecule has 0 aliphatic heterocycles. The van der Waals surface area contributed by atoms with Gasteiger partial charge in [0.25, 0.3) is 15.9 Å². The second-order valence-electron chi connectivity index (χ2n) is 7.13. The van der Waals surface area contributed by atoms with Gasteiger partial charge in [-0.05, 0) is 55.8 Å². The maximum absolute atomic E-state index is 13.3. The summed E-state index contributed by atoms with van der Waals surface area (Å²) in [6.45, 7) is 3.32. The number of anilines is 1. The third-order valence-corrected chi connectivity index (χ3v) is 7.09. The van der Waals surface area contributed by atoms with Crippen molar-refractivity contribution in [2.45, 2.75) is 18.7 Å². The maximum Gasteiger partial charge on any atom is 0.264 e. The molecule has 0 aliphatic carbocycles. The number of hydrazone groups is 1. The predicted octanol–water partition coefficient (Wildman–Crippen LogP) is 4.96. The van der Waals surface area contributed by atoms with Crippen LogP contribution in [0.25, 0.3) is 0 Å². The van der Waals surface area contributed by atoms with Gasteiger partial charge in [-0.15, -0.1) is 0 Å². The number of hydrogen-bond donors (Lipinski definition) is 1. The monoisotopic (exact) mass is 489 g/mol. The predicted molar refractivity (Wildman–Crippen MR) is 129 cm³/mol. The molecule has 0 unspecified atom stereocenters. The molecule has 32 heavy (non-hydrogen) atoms. The van der Waals surface area contributed by atoms with Crippen molar-refractivity contribution in [3.63, 3.8) is 0 Å². The third kappa shape index (κ3) is 5.88. The van der Waals surface area contributed by atoms with Crippen molar-refractivity contribution in [3.8, 4) is 0 Å². The first-order valence-corrected chi connectivity index (χ1v) is 11.8. The fourth-order valence-electron chi connectivity index (χ4n) is 2.80. The molecule has 3 aromatic rings. The zero-order valence-electron chi connectivity index (χ0n) is 17.4. The Morgan fingerprint density at radius 2 is 1.53 bits per heavy atom. The normalized spacial score (nSPS) is 11.5. The Balaban J connectivity index is 1.82. The number of rotatable bonds is 7. The minimum atomic E-state index is -3.98. The fraction of sp³-hybridized carbons (Fsp3) is 0.130. The van der Waals surface area contributed by atoms with Crippen molar-refractivity contribution in [1.29, 1.82) is 0 Å². The minimum absolute atomic E-state index is 0.0933. The van der Waals surface area contributed by atoms with Crippen LogP contribution in [0.2, 0.25) is 10.0 Å². The van der Waals surface area contributed by atoms with Crippen molar-refractivity contribution >= 4 is 51.0 Å². The van der Waals surface area contributed by atoms with Gasteiger partial charge in [0.15, 0.2) is 0 Å². The van der Waals surface area contributed by atoms with Crippen molar-refractivity contribution < 1.29 is 13.2 Å². The van der Waals surface area contributed by atoms with E-state index < -0.39 is 22.5 Å². The quantitative estimate of drug-likeness (QED) is 0.376. The molecule has 1 amide bonds. The molecule has 1 N–H and O–H groups in total. The van der Waals surface area contributed by atoms with Crippen LogP contribution in [0.1, 0.15) is 16.7 Å². The lowest BCUT2D eigenvalue weighted by atomic mass is 10.2. The van der Waals surface area contributed by atoms with Crippen molar-refractivity contribution in [2.24, 2.45) is 5.10 Å². The molecule has 0 fully saturated rings. The van der Waals surface area contributed by atoms with Crippen LogP contribution in [-0.2, 0) is 14.8 Å². The smallest absolute Gasteiger partial charge is 0.264 e. The lowest BCUT2D eigenvalue weighted by molar-refractivity contribution is -0.119. The van der Waals surface area contributed by atoms with E-state index in [-0.39, 0.29) is 4.90 Å². The Kier molecular flexibility index (Phi) is 7.56. The van der Waals surface area contributed by atoms with Crippen LogP contribution < -0.4 is 9.73 Å². The summed E-state index contributed by atoms with van der Waals surface area (Å²) in [5.41, 5.74) is 5.26. The summed E-state index contributed by atoms with van der Waals surface area (Å²) >= 11 is 11.9. The number of halogens is 2. The number of aryl methyl sites for hydroxylation is 2. The highest BCUT2D eigenvalue weighted by atomic mass is 35.5. The van der Waals surface area contributed by atoms with Crippen molar-refractivity contribution in [2.75, 3.05) is 10.8 Å². The molecular formula is C23H21Cl2N3O3S. The van der Waals surface area contributed by atoms with Gasteiger partial charge in [0.1, 0.15) is 6.54 Å². The number of nitrogens with one attached hydrogen (secondary N) is 1. The van der Waals surface area contributed by atoms with Crippen LogP contribution in [0.4, 0.5) is 5.69 Å². The molecule has 0 aromatic heterocycles. The molecule has 0 aliphatic rings. The number of nitrogens with zero attached hydrogens (tertiary/aromatic N) is 2. The van der Waals surface area contributed by atoms with Gasteiger partial charge in [-0.3, -0.25) is 9.10 Å². The molecule has 0 bridgehead atoms. The average molecular weight is 490 g/mol. The number of carbonyl (C=O) groups is 1. The van der Waals surface area contributed by atoms with Crippen molar-refractivity contribution in [3.05, 3.63) is 93.5 Å². The molecule has 3 aromatic carbocycles. The molecule has 0 saturated heterocycles. The zero-order valence-corrected chi connectivity index (χ0v) is 19.7. The summed E-state index contributed by atoms with van der Waals surface area (Å²) in [5.74, 6) is -0.599. The topological polar surface area (TPSA) is 78.8 Å². The van der Waals surface area contributed by atoms with Gasteiger partial charge < -0.3 is 0 Å². The molecule has 0 saturated carbocycles. The second kappa shape index (κ2) is 10.2. The first-order valence-electron chi connectivity index (χ1n) is 9.60.